The lowest BCUT2D eigenvalue weighted by Gasteiger charge is -2.56. The third-order valence-electron chi connectivity index (χ3n) is 7.79. The molecule has 30 heavy (non-hydrogen) atoms. The number of carbonyl (C=O) groups is 2. The molecule has 1 saturated heterocycles. The van der Waals surface area contributed by atoms with Crippen LogP contribution < -0.4 is 0 Å². The van der Waals surface area contributed by atoms with Gasteiger partial charge in [-0.3, -0.25) is 9.59 Å². The number of alkyl halides is 5. The van der Waals surface area contributed by atoms with Crippen LogP contribution in [0.15, 0.2) is 0 Å². The molecule has 2 amide bonds. The SMILES string of the molecule is O=C1CN(C2CCC(Cl)CC2F)C(=O)C2(CCC2)N1CC1CCC(C(F)(F)F)CC1. The molecule has 1 aliphatic heterocycles. The molecule has 3 aliphatic carbocycles. The Morgan fingerprint density at radius 2 is 1.70 bits per heavy atom. The van der Waals surface area contributed by atoms with Crippen molar-refractivity contribution in [3.8, 4) is 0 Å². The zero-order valence-electron chi connectivity index (χ0n) is 17.0. The molecule has 170 valence electrons. The molecule has 3 unspecified atom stereocenters. The molecule has 0 aromatic rings. The standard InChI is InChI=1S/C21H29ClF4N2O2/c22-15-6-7-17(16(23)10-15)27-12-18(29)28(20(19(27)30)8-1-9-20)11-13-2-4-14(5-3-13)21(24,25)26/h13-17H,1-12H2. The summed E-state index contributed by atoms with van der Waals surface area (Å²) in [6.07, 6.45) is -1.26. The van der Waals surface area contributed by atoms with Crippen LogP contribution in [0.25, 0.3) is 0 Å². The Hall–Kier alpha value is -1.05. The van der Waals surface area contributed by atoms with Crippen molar-refractivity contribution < 1.29 is 27.2 Å². The van der Waals surface area contributed by atoms with Gasteiger partial charge < -0.3 is 9.80 Å². The zero-order valence-corrected chi connectivity index (χ0v) is 17.7. The van der Waals surface area contributed by atoms with E-state index in [1.54, 1.807) is 4.90 Å². The van der Waals surface area contributed by atoms with Crippen molar-refractivity contribution in [2.45, 2.75) is 93.5 Å². The number of rotatable bonds is 3. The maximum Gasteiger partial charge on any atom is 0.391 e. The summed E-state index contributed by atoms with van der Waals surface area (Å²) in [5.41, 5.74) is -0.923. The number of amides is 2. The van der Waals surface area contributed by atoms with Gasteiger partial charge in [0, 0.05) is 11.9 Å². The van der Waals surface area contributed by atoms with Crippen LogP contribution in [0.3, 0.4) is 0 Å². The number of halogens is 5. The third-order valence-corrected chi connectivity index (χ3v) is 8.18. The molecule has 3 atom stereocenters. The van der Waals surface area contributed by atoms with Crippen molar-refractivity contribution in [3.05, 3.63) is 0 Å². The number of carbonyl (C=O) groups excluding carboxylic acids is 2. The van der Waals surface area contributed by atoms with Crippen molar-refractivity contribution >= 4 is 23.4 Å². The lowest BCUT2D eigenvalue weighted by Crippen LogP contribution is -2.73. The number of hydrogen-bond acceptors (Lipinski definition) is 2. The van der Waals surface area contributed by atoms with E-state index in [-0.39, 0.29) is 48.9 Å². The van der Waals surface area contributed by atoms with Gasteiger partial charge in [0.2, 0.25) is 11.8 Å². The molecule has 1 spiro atoms. The van der Waals surface area contributed by atoms with Gasteiger partial charge in [0.15, 0.2) is 0 Å². The zero-order chi connectivity index (χ0) is 21.7. The van der Waals surface area contributed by atoms with Crippen molar-refractivity contribution in [2.24, 2.45) is 11.8 Å². The molecule has 4 nitrogen and oxygen atoms in total. The van der Waals surface area contributed by atoms with Gasteiger partial charge in [0.05, 0.1) is 12.0 Å². The molecular weight excluding hydrogens is 424 g/mol. The molecule has 4 fully saturated rings. The van der Waals surface area contributed by atoms with Crippen molar-refractivity contribution in [1.29, 1.82) is 0 Å². The highest BCUT2D eigenvalue weighted by Crippen LogP contribution is 2.46. The minimum absolute atomic E-state index is 0.0232. The summed E-state index contributed by atoms with van der Waals surface area (Å²) in [4.78, 5) is 29.6. The van der Waals surface area contributed by atoms with E-state index in [9.17, 15) is 27.2 Å². The molecule has 0 aromatic carbocycles. The molecule has 0 radical (unpaired) electrons. The van der Waals surface area contributed by atoms with Crippen LogP contribution >= 0.6 is 11.6 Å². The van der Waals surface area contributed by atoms with Gasteiger partial charge in [-0.25, -0.2) is 4.39 Å². The molecular formula is C21H29ClF4N2O2. The Kier molecular flexibility index (Phi) is 6.01. The summed E-state index contributed by atoms with van der Waals surface area (Å²) in [5.74, 6) is -1.67. The molecule has 4 rings (SSSR count). The Balaban J connectivity index is 1.45. The first-order valence-electron chi connectivity index (χ1n) is 11.1. The largest absolute Gasteiger partial charge is 0.391 e. The Bertz CT molecular complexity index is 676. The molecule has 3 saturated carbocycles. The summed E-state index contributed by atoms with van der Waals surface area (Å²) < 4.78 is 53.5. The van der Waals surface area contributed by atoms with Gasteiger partial charge in [0.25, 0.3) is 0 Å². The van der Waals surface area contributed by atoms with Crippen LogP contribution in [0.2, 0.25) is 0 Å². The van der Waals surface area contributed by atoms with Gasteiger partial charge >= 0.3 is 6.18 Å². The van der Waals surface area contributed by atoms with Crippen LogP contribution in [0.4, 0.5) is 17.6 Å². The van der Waals surface area contributed by atoms with Crippen LogP contribution in [0.1, 0.15) is 64.2 Å². The summed E-state index contributed by atoms with van der Waals surface area (Å²) in [6.45, 7) is 0.187. The summed E-state index contributed by atoms with van der Waals surface area (Å²) in [5, 5.41) is -0.243. The fraction of sp³-hybridized carbons (Fsp3) is 0.905. The molecule has 0 aromatic heterocycles. The predicted octanol–water partition coefficient (Wildman–Crippen LogP) is 4.45. The fourth-order valence-electron chi connectivity index (χ4n) is 5.80. The summed E-state index contributed by atoms with van der Waals surface area (Å²) in [7, 11) is 0. The van der Waals surface area contributed by atoms with Crippen LogP contribution in [-0.2, 0) is 9.59 Å². The number of hydrogen-bond donors (Lipinski definition) is 0. The highest BCUT2D eigenvalue weighted by molar-refractivity contribution is 6.20. The van der Waals surface area contributed by atoms with Crippen LogP contribution in [0, 0.1) is 11.8 Å². The molecule has 0 bridgehead atoms. The quantitative estimate of drug-likeness (QED) is 0.469. The second kappa shape index (κ2) is 8.14. The van der Waals surface area contributed by atoms with Gasteiger partial charge in [-0.2, -0.15) is 13.2 Å². The van der Waals surface area contributed by atoms with Gasteiger partial charge in [-0.15, -0.1) is 11.6 Å². The minimum Gasteiger partial charge on any atom is -0.326 e. The summed E-state index contributed by atoms with van der Waals surface area (Å²) >= 11 is 6.06. The van der Waals surface area contributed by atoms with Gasteiger partial charge in [-0.1, -0.05) is 0 Å². The molecule has 0 N–H and O–H groups in total. The topological polar surface area (TPSA) is 40.6 Å². The Morgan fingerprint density at radius 3 is 2.23 bits per heavy atom. The van der Waals surface area contributed by atoms with Crippen LogP contribution in [-0.4, -0.2) is 64.0 Å². The highest BCUT2D eigenvalue weighted by Gasteiger charge is 2.58. The average Bonchev–Trinajstić information content (AvgIpc) is 2.63. The first kappa shape index (κ1) is 22.2. The number of nitrogens with zero attached hydrogens (tertiary/aromatic N) is 2. The lowest BCUT2D eigenvalue weighted by molar-refractivity contribution is -0.187. The van der Waals surface area contributed by atoms with E-state index in [0.717, 1.165) is 6.42 Å². The maximum absolute atomic E-state index is 14.7. The third kappa shape index (κ3) is 3.93. The van der Waals surface area contributed by atoms with Gasteiger partial charge in [-0.05, 0) is 70.1 Å². The van der Waals surface area contributed by atoms with E-state index in [1.807, 2.05) is 0 Å². The summed E-state index contributed by atoms with van der Waals surface area (Å²) in [6, 6.07) is -0.613. The smallest absolute Gasteiger partial charge is 0.326 e. The fourth-order valence-corrected chi connectivity index (χ4v) is 6.09. The van der Waals surface area contributed by atoms with Gasteiger partial charge in [0.1, 0.15) is 18.3 Å². The number of piperazine rings is 1. The van der Waals surface area contributed by atoms with Crippen molar-refractivity contribution in [2.75, 3.05) is 13.1 Å². The monoisotopic (exact) mass is 452 g/mol. The second-order valence-electron chi connectivity index (χ2n) is 9.58. The minimum atomic E-state index is -4.16. The molecule has 4 aliphatic rings. The van der Waals surface area contributed by atoms with Crippen molar-refractivity contribution in [1.82, 2.24) is 9.80 Å². The maximum atomic E-state index is 14.7. The normalized spacial score (nSPS) is 37.4. The van der Waals surface area contributed by atoms with E-state index in [4.69, 9.17) is 11.6 Å². The van der Waals surface area contributed by atoms with Crippen molar-refractivity contribution in [3.63, 3.8) is 0 Å². The lowest BCUT2D eigenvalue weighted by atomic mass is 9.71. The second-order valence-corrected chi connectivity index (χ2v) is 10.2. The van der Waals surface area contributed by atoms with E-state index >= 15 is 0 Å². The molecule has 1 heterocycles. The van der Waals surface area contributed by atoms with E-state index in [1.165, 1.54) is 4.90 Å². The first-order chi connectivity index (χ1) is 14.1. The Labute approximate surface area is 179 Å². The van der Waals surface area contributed by atoms with E-state index < -0.39 is 29.8 Å². The van der Waals surface area contributed by atoms with E-state index in [0.29, 0.717) is 45.1 Å². The van der Waals surface area contributed by atoms with Crippen LogP contribution in [0.5, 0.6) is 0 Å². The first-order valence-corrected chi connectivity index (χ1v) is 11.5. The Morgan fingerprint density at radius 1 is 1.03 bits per heavy atom. The average molecular weight is 453 g/mol. The highest BCUT2D eigenvalue weighted by atomic mass is 35.5. The predicted molar refractivity (Wildman–Crippen MR) is 104 cm³/mol. The van der Waals surface area contributed by atoms with E-state index in [2.05, 4.69) is 0 Å². The molecule has 9 heteroatoms.